The van der Waals surface area contributed by atoms with Crippen molar-refractivity contribution in [1.82, 2.24) is 10.3 Å². The molecule has 0 aliphatic heterocycles. The van der Waals surface area contributed by atoms with Crippen molar-refractivity contribution < 1.29 is 4.79 Å². The zero-order valence-electron chi connectivity index (χ0n) is 7.09. The third kappa shape index (κ3) is 1.53. The minimum absolute atomic E-state index is 0.221. The van der Waals surface area contributed by atoms with E-state index in [1.165, 1.54) is 0 Å². The van der Waals surface area contributed by atoms with Crippen molar-refractivity contribution in [3.05, 3.63) is 23.5 Å². The molecule has 0 aliphatic rings. The molecule has 1 aromatic heterocycles. The van der Waals surface area contributed by atoms with Crippen LogP contribution in [0.15, 0.2) is 12.3 Å². The zero-order valence-corrected chi connectivity index (χ0v) is 7.09. The summed E-state index contributed by atoms with van der Waals surface area (Å²) in [5, 5.41) is 2.47. The molecule has 4 heteroatoms. The first-order valence-corrected chi connectivity index (χ1v) is 3.59. The van der Waals surface area contributed by atoms with Crippen LogP contribution in [0.25, 0.3) is 0 Å². The highest BCUT2D eigenvalue weighted by atomic mass is 16.1. The summed E-state index contributed by atoms with van der Waals surface area (Å²) in [4.78, 5) is 15.0. The van der Waals surface area contributed by atoms with Crippen molar-refractivity contribution >= 4 is 11.6 Å². The number of nitrogens with zero attached hydrogens (tertiary/aromatic N) is 1. The second-order valence-corrected chi connectivity index (χ2v) is 2.51. The van der Waals surface area contributed by atoms with E-state index in [2.05, 4.69) is 10.3 Å². The Balaban J connectivity index is 3.05. The molecule has 0 atom stereocenters. The van der Waals surface area contributed by atoms with E-state index in [0.29, 0.717) is 11.4 Å². The number of carbonyl (C=O) groups is 1. The summed E-state index contributed by atoms with van der Waals surface area (Å²) in [5.74, 6) is -0.221. The molecule has 1 heterocycles. The Bertz CT molecular complexity index is 309. The first-order valence-electron chi connectivity index (χ1n) is 3.59. The van der Waals surface area contributed by atoms with Crippen LogP contribution in [0.4, 0.5) is 5.69 Å². The summed E-state index contributed by atoms with van der Waals surface area (Å²) < 4.78 is 0. The van der Waals surface area contributed by atoms with Crippen molar-refractivity contribution in [3.8, 4) is 0 Å². The minimum Gasteiger partial charge on any atom is -0.398 e. The molecule has 0 spiro atoms. The molecule has 64 valence electrons. The van der Waals surface area contributed by atoms with E-state index in [1.54, 1.807) is 19.3 Å². The fourth-order valence-electron chi connectivity index (χ4n) is 0.792. The third-order valence-electron chi connectivity index (χ3n) is 1.60. The van der Waals surface area contributed by atoms with E-state index < -0.39 is 0 Å². The highest BCUT2D eigenvalue weighted by molar-refractivity contribution is 5.92. The molecule has 0 bridgehead atoms. The molecule has 0 saturated heterocycles. The number of nitrogen functional groups attached to an aromatic ring is 1. The first kappa shape index (κ1) is 8.52. The lowest BCUT2D eigenvalue weighted by molar-refractivity contribution is 0.0958. The van der Waals surface area contributed by atoms with Crippen molar-refractivity contribution in [2.45, 2.75) is 6.92 Å². The number of anilines is 1. The van der Waals surface area contributed by atoms with E-state index in [9.17, 15) is 4.79 Å². The Kier molecular flexibility index (Phi) is 2.28. The number of carbonyl (C=O) groups excluding carboxylic acids is 1. The quantitative estimate of drug-likeness (QED) is 0.630. The normalized spacial score (nSPS) is 9.50. The maximum atomic E-state index is 11.0. The fraction of sp³-hybridized carbons (Fsp3) is 0.250. The van der Waals surface area contributed by atoms with Gasteiger partial charge in [-0.25, -0.2) is 0 Å². The van der Waals surface area contributed by atoms with Gasteiger partial charge in [-0.15, -0.1) is 0 Å². The lowest BCUT2D eigenvalue weighted by atomic mass is 10.2. The Labute approximate surface area is 70.8 Å². The summed E-state index contributed by atoms with van der Waals surface area (Å²) in [5.41, 5.74) is 7.41. The van der Waals surface area contributed by atoms with Gasteiger partial charge in [0.1, 0.15) is 5.69 Å². The molecule has 4 nitrogen and oxygen atoms in total. The van der Waals surface area contributed by atoms with E-state index in [4.69, 9.17) is 5.73 Å². The molecule has 1 rings (SSSR count). The number of nitrogens with two attached hydrogens (primary N) is 1. The van der Waals surface area contributed by atoms with Crippen molar-refractivity contribution in [3.63, 3.8) is 0 Å². The van der Waals surface area contributed by atoms with Gasteiger partial charge >= 0.3 is 0 Å². The molecule has 0 aromatic carbocycles. The van der Waals surface area contributed by atoms with Gasteiger partial charge in [0.15, 0.2) is 0 Å². The number of hydrogen-bond donors (Lipinski definition) is 2. The van der Waals surface area contributed by atoms with E-state index in [0.717, 1.165) is 5.56 Å². The van der Waals surface area contributed by atoms with Crippen LogP contribution in [-0.4, -0.2) is 17.9 Å². The summed E-state index contributed by atoms with van der Waals surface area (Å²) in [6.07, 6.45) is 1.58. The standard InChI is InChI=1S/C8H11N3O/c1-5-4-11-7(3-6(5)9)8(12)10-2/h3-4H,1-2H3,(H2,9,11)(H,10,12). The number of hydrogen-bond acceptors (Lipinski definition) is 3. The van der Waals surface area contributed by atoms with Crippen molar-refractivity contribution in [1.29, 1.82) is 0 Å². The smallest absolute Gasteiger partial charge is 0.269 e. The molecule has 3 N–H and O–H groups in total. The predicted octanol–water partition coefficient (Wildman–Crippen LogP) is 0.332. The highest BCUT2D eigenvalue weighted by Crippen LogP contribution is 2.09. The first-order chi connectivity index (χ1) is 5.65. The Hall–Kier alpha value is -1.58. The summed E-state index contributed by atoms with van der Waals surface area (Å²) in [6.45, 7) is 1.84. The van der Waals surface area contributed by atoms with Gasteiger partial charge in [0.25, 0.3) is 5.91 Å². The fourth-order valence-corrected chi connectivity index (χ4v) is 0.792. The van der Waals surface area contributed by atoms with Gasteiger partial charge in [0.2, 0.25) is 0 Å². The topological polar surface area (TPSA) is 68.0 Å². The van der Waals surface area contributed by atoms with Crippen LogP contribution >= 0.6 is 0 Å². The average molecular weight is 165 g/mol. The summed E-state index contributed by atoms with van der Waals surface area (Å²) >= 11 is 0. The predicted molar refractivity (Wildman–Crippen MR) is 46.8 cm³/mol. The molecule has 0 fully saturated rings. The van der Waals surface area contributed by atoms with Crippen LogP contribution in [-0.2, 0) is 0 Å². The van der Waals surface area contributed by atoms with Gasteiger partial charge in [-0.2, -0.15) is 0 Å². The third-order valence-corrected chi connectivity index (χ3v) is 1.60. The monoisotopic (exact) mass is 165 g/mol. The lowest BCUT2D eigenvalue weighted by Gasteiger charge is -2.01. The zero-order chi connectivity index (χ0) is 9.14. The van der Waals surface area contributed by atoms with Crippen LogP contribution < -0.4 is 11.1 Å². The molecule has 0 radical (unpaired) electrons. The van der Waals surface area contributed by atoms with Gasteiger partial charge in [0.05, 0.1) is 0 Å². The lowest BCUT2D eigenvalue weighted by Crippen LogP contribution is -2.19. The maximum Gasteiger partial charge on any atom is 0.269 e. The molecular formula is C8H11N3O. The number of nitrogens with one attached hydrogen (secondary N) is 1. The Morgan fingerprint density at radius 3 is 2.83 bits per heavy atom. The molecule has 0 aliphatic carbocycles. The SMILES string of the molecule is CNC(=O)c1cc(N)c(C)cn1. The maximum absolute atomic E-state index is 11.0. The van der Waals surface area contributed by atoms with Gasteiger partial charge < -0.3 is 11.1 Å². The molecule has 1 amide bonds. The van der Waals surface area contributed by atoms with Crippen LogP contribution in [0.3, 0.4) is 0 Å². The molecule has 1 aromatic rings. The number of aromatic nitrogens is 1. The molecule has 0 saturated carbocycles. The number of pyridine rings is 1. The van der Waals surface area contributed by atoms with Crippen molar-refractivity contribution in [2.24, 2.45) is 0 Å². The molecular weight excluding hydrogens is 154 g/mol. The van der Waals surface area contributed by atoms with Gasteiger partial charge in [0, 0.05) is 18.9 Å². The van der Waals surface area contributed by atoms with E-state index in [-0.39, 0.29) is 5.91 Å². The van der Waals surface area contributed by atoms with Crippen LogP contribution in [0.5, 0.6) is 0 Å². The highest BCUT2D eigenvalue weighted by Gasteiger charge is 2.05. The second-order valence-electron chi connectivity index (χ2n) is 2.51. The van der Waals surface area contributed by atoms with Crippen LogP contribution in [0.2, 0.25) is 0 Å². The number of rotatable bonds is 1. The summed E-state index contributed by atoms with van der Waals surface area (Å²) in [7, 11) is 1.56. The average Bonchev–Trinajstić information content (AvgIpc) is 2.08. The van der Waals surface area contributed by atoms with Crippen LogP contribution in [0.1, 0.15) is 16.1 Å². The van der Waals surface area contributed by atoms with Crippen molar-refractivity contribution in [2.75, 3.05) is 12.8 Å². The van der Waals surface area contributed by atoms with Crippen LogP contribution in [0, 0.1) is 6.92 Å². The van der Waals surface area contributed by atoms with Gasteiger partial charge in [-0.05, 0) is 18.6 Å². The minimum atomic E-state index is -0.221. The largest absolute Gasteiger partial charge is 0.398 e. The van der Waals surface area contributed by atoms with E-state index >= 15 is 0 Å². The molecule has 0 unspecified atom stereocenters. The van der Waals surface area contributed by atoms with E-state index in [1.807, 2.05) is 6.92 Å². The summed E-state index contributed by atoms with van der Waals surface area (Å²) in [6, 6.07) is 1.56. The number of aryl methyl sites for hydroxylation is 1. The Morgan fingerprint density at radius 1 is 1.67 bits per heavy atom. The van der Waals surface area contributed by atoms with Gasteiger partial charge in [-0.3, -0.25) is 9.78 Å². The Morgan fingerprint density at radius 2 is 2.33 bits per heavy atom. The number of amides is 1. The molecule has 12 heavy (non-hydrogen) atoms. The second kappa shape index (κ2) is 3.21. The van der Waals surface area contributed by atoms with Gasteiger partial charge in [-0.1, -0.05) is 0 Å².